The summed E-state index contributed by atoms with van der Waals surface area (Å²) in [6.07, 6.45) is 2.33. The topological polar surface area (TPSA) is 51.2 Å². The molecule has 1 aromatic carbocycles. The van der Waals surface area contributed by atoms with Crippen LogP contribution >= 0.6 is 0 Å². The number of ether oxygens (including phenoxy) is 1. The molecule has 20 heavy (non-hydrogen) atoms. The summed E-state index contributed by atoms with van der Waals surface area (Å²) in [5.41, 5.74) is 0.949. The van der Waals surface area contributed by atoms with E-state index in [1.54, 1.807) is 6.20 Å². The zero-order valence-electron chi connectivity index (χ0n) is 11.9. The fraction of sp³-hybridized carbons (Fsp3) is 0.375. The molecule has 2 rings (SSSR count). The van der Waals surface area contributed by atoms with Gasteiger partial charge in [0.05, 0.1) is 12.1 Å². The van der Waals surface area contributed by atoms with E-state index in [1.807, 2.05) is 44.2 Å². The lowest BCUT2D eigenvalue weighted by atomic mass is 10.1. The Morgan fingerprint density at radius 3 is 3.00 bits per heavy atom. The molecule has 0 saturated heterocycles. The average molecular weight is 272 g/mol. The van der Waals surface area contributed by atoms with Crippen LogP contribution in [-0.4, -0.2) is 24.0 Å². The molecule has 0 bridgehead atoms. The second kappa shape index (κ2) is 6.89. The Kier molecular flexibility index (Phi) is 4.93. The molecule has 1 aromatic heterocycles. The maximum atomic E-state index is 11.5. The van der Waals surface area contributed by atoms with Gasteiger partial charge in [0.25, 0.3) is 0 Å². The molecule has 4 nitrogen and oxygen atoms in total. The first-order valence-electron chi connectivity index (χ1n) is 6.89. The Hall–Kier alpha value is -2.10. The van der Waals surface area contributed by atoms with Crippen molar-refractivity contribution in [2.45, 2.75) is 20.3 Å². The Morgan fingerprint density at radius 2 is 2.20 bits per heavy atom. The number of nitrogens with zero attached hydrogens (tertiary/aromatic N) is 1. The number of nitrogens with one attached hydrogen (secondary N) is 1. The molecule has 106 valence electrons. The van der Waals surface area contributed by atoms with Gasteiger partial charge in [0.15, 0.2) is 0 Å². The number of benzene rings is 1. The Morgan fingerprint density at radius 1 is 1.35 bits per heavy atom. The van der Waals surface area contributed by atoms with Crippen molar-refractivity contribution >= 4 is 16.8 Å². The van der Waals surface area contributed by atoms with Crippen LogP contribution < -0.4 is 10.1 Å². The highest BCUT2D eigenvalue weighted by atomic mass is 16.5. The van der Waals surface area contributed by atoms with Gasteiger partial charge in [-0.3, -0.25) is 9.78 Å². The molecule has 0 aliphatic rings. The zero-order chi connectivity index (χ0) is 14.4. The highest BCUT2D eigenvalue weighted by molar-refractivity contribution is 5.79. The van der Waals surface area contributed by atoms with E-state index in [-0.39, 0.29) is 5.91 Å². The number of carbonyl (C=O) groups is 1. The van der Waals surface area contributed by atoms with Crippen LogP contribution in [0.25, 0.3) is 10.9 Å². The number of fused-ring (bicyclic) bond motifs is 1. The van der Waals surface area contributed by atoms with E-state index in [9.17, 15) is 4.79 Å². The maximum Gasteiger partial charge on any atom is 0.220 e. The first-order chi connectivity index (χ1) is 9.65. The van der Waals surface area contributed by atoms with Gasteiger partial charge >= 0.3 is 0 Å². The third-order valence-electron chi connectivity index (χ3n) is 2.86. The molecule has 1 amide bonds. The molecule has 1 heterocycles. The number of hydrogen-bond donors (Lipinski definition) is 1. The van der Waals surface area contributed by atoms with Gasteiger partial charge in [-0.1, -0.05) is 19.9 Å². The van der Waals surface area contributed by atoms with Crippen LogP contribution in [0, 0.1) is 5.92 Å². The molecular weight excluding hydrogens is 252 g/mol. The highest BCUT2D eigenvalue weighted by Gasteiger charge is 2.03. The first kappa shape index (κ1) is 14.3. The quantitative estimate of drug-likeness (QED) is 0.823. The lowest BCUT2D eigenvalue weighted by Gasteiger charge is -2.09. The lowest BCUT2D eigenvalue weighted by Crippen LogP contribution is -2.28. The smallest absolute Gasteiger partial charge is 0.220 e. The second-order valence-electron chi connectivity index (χ2n) is 5.15. The Bertz CT molecular complexity index is 581. The fourth-order valence-corrected chi connectivity index (χ4v) is 1.95. The molecule has 0 fully saturated rings. The van der Waals surface area contributed by atoms with Crippen molar-refractivity contribution in [1.29, 1.82) is 0 Å². The number of hydrogen-bond acceptors (Lipinski definition) is 3. The average Bonchev–Trinajstić information content (AvgIpc) is 2.43. The van der Waals surface area contributed by atoms with Crippen LogP contribution in [0.15, 0.2) is 36.5 Å². The van der Waals surface area contributed by atoms with Crippen LogP contribution in [-0.2, 0) is 4.79 Å². The van der Waals surface area contributed by atoms with Gasteiger partial charge in [-0.05, 0) is 30.2 Å². The van der Waals surface area contributed by atoms with Crippen molar-refractivity contribution < 1.29 is 9.53 Å². The Balaban J connectivity index is 1.79. The second-order valence-corrected chi connectivity index (χ2v) is 5.15. The van der Waals surface area contributed by atoms with E-state index in [2.05, 4.69) is 10.3 Å². The van der Waals surface area contributed by atoms with Crippen LogP contribution in [0.3, 0.4) is 0 Å². The molecule has 0 unspecified atom stereocenters. The minimum Gasteiger partial charge on any atom is -0.492 e. The number of carbonyl (C=O) groups excluding carboxylic acids is 1. The summed E-state index contributed by atoms with van der Waals surface area (Å²) in [4.78, 5) is 15.7. The molecule has 0 radical (unpaired) electrons. The molecule has 4 heteroatoms. The maximum absolute atomic E-state index is 11.5. The molecule has 1 N–H and O–H groups in total. The lowest BCUT2D eigenvalue weighted by molar-refractivity contribution is -0.121. The van der Waals surface area contributed by atoms with E-state index in [4.69, 9.17) is 4.74 Å². The zero-order valence-corrected chi connectivity index (χ0v) is 11.9. The van der Waals surface area contributed by atoms with Crippen molar-refractivity contribution in [3.05, 3.63) is 36.5 Å². The number of aromatic nitrogens is 1. The number of pyridine rings is 1. The van der Waals surface area contributed by atoms with E-state index in [1.165, 1.54) is 0 Å². The van der Waals surface area contributed by atoms with Crippen LogP contribution in [0.1, 0.15) is 20.3 Å². The summed E-state index contributed by atoms with van der Waals surface area (Å²) < 4.78 is 5.63. The standard InChI is InChI=1S/C16H20N2O2/c1-12(2)10-16(19)18-8-9-20-14-5-6-15-13(11-14)4-3-7-17-15/h3-7,11-12H,8-10H2,1-2H3,(H,18,19). The van der Waals surface area contributed by atoms with Gasteiger partial charge in [0.2, 0.25) is 5.91 Å². The molecule has 0 saturated carbocycles. The summed E-state index contributed by atoms with van der Waals surface area (Å²) in [5.74, 6) is 1.25. The summed E-state index contributed by atoms with van der Waals surface area (Å²) in [6, 6.07) is 9.68. The van der Waals surface area contributed by atoms with Crippen molar-refractivity contribution in [2.24, 2.45) is 5.92 Å². The summed E-state index contributed by atoms with van der Waals surface area (Å²) in [7, 11) is 0. The predicted octanol–water partition coefficient (Wildman–Crippen LogP) is 2.78. The number of rotatable bonds is 6. The van der Waals surface area contributed by atoms with Crippen LogP contribution in [0.5, 0.6) is 5.75 Å². The summed E-state index contributed by atoms with van der Waals surface area (Å²) >= 11 is 0. The van der Waals surface area contributed by atoms with E-state index in [0.29, 0.717) is 25.5 Å². The molecule has 0 aliphatic heterocycles. The van der Waals surface area contributed by atoms with Gasteiger partial charge in [-0.15, -0.1) is 0 Å². The molecule has 0 spiro atoms. The molecule has 0 atom stereocenters. The first-order valence-corrected chi connectivity index (χ1v) is 6.89. The van der Waals surface area contributed by atoms with E-state index in [0.717, 1.165) is 16.7 Å². The van der Waals surface area contributed by atoms with Gasteiger partial charge in [-0.25, -0.2) is 0 Å². The minimum absolute atomic E-state index is 0.0753. The van der Waals surface area contributed by atoms with Crippen molar-refractivity contribution in [2.75, 3.05) is 13.2 Å². The van der Waals surface area contributed by atoms with Gasteiger partial charge in [0.1, 0.15) is 12.4 Å². The largest absolute Gasteiger partial charge is 0.492 e. The third-order valence-corrected chi connectivity index (χ3v) is 2.86. The Labute approximate surface area is 119 Å². The summed E-state index contributed by atoms with van der Waals surface area (Å²) in [5, 5.41) is 3.89. The monoisotopic (exact) mass is 272 g/mol. The summed E-state index contributed by atoms with van der Waals surface area (Å²) in [6.45, 7) is 5.05. The SMILES string of the molecule is CC(C)CC(=O)NCCOc1ccc2ncccc2c1. The minimum atomic E-state index is 0.0753. The molecular formula is C16H20N2O2. The fourth-order valence-electron chi connectivity index (χ4n) is 1.95. The van der Waals surface area contributed by atoms with Gasteiger partial charge in [0, 0.05) is 18.0 Å². The third kappa shape index (κ3) is 4.23. The van der Waals surface area contributed by atoms with Gasteiger partial charge in [-0.2, -0.15) is 0 Å². The van der Waals surface area contributed by atoms with Crippen molar-refractivity contribution in [3.63, 3.8) is 0 Å². The van der Waals surface area contributed by atoms with Crippen molar-refractivity contribution in [1.82, 2.24) is 10.3 Å². The van der Waals surface area contributed by atoms with Crippen LogP contribution in [0.2, 0.25) is 0 Å². The normalized spacial score (nSPS) is 10.8. The molecule has 0 aliphatic carbocycles. The molecule has 2 aromatic rings. The van der Waals surface area contributed by atoms with Gasteiger partial charge < -0.3 is 10.1 Å². The highest BCUT2D eigenvalue weighted by Crippen LogP contribution is 2.18. The van der Waals surface area contributed by atoms with E-state index < -0.39 is 0 Å². The van der Waals surface area contributed by atoms with E-state index >= 15 is 0 Å². The van der Waals surface area contributed by atoms with Crippen molar-refractivity contribution in [3.8, 4) is 5.75 Å². The number of amides is 1. The predicted molar refractivity (Wildman–Crippen MR) is 79.7 cm³/mol. The van der Waals surface area contributed by atoms with Crippen LogP contribution in [0.4, 0.5) is 0 Å².